The van der Waals surface area contributed by atoms with Crippen molar-refractivity contribution in [1.82, 2.24) is 4.98 Å². The van der Waals surface area contributed by atoms with Crippen LogP contribution in [0.15, 0.2) is 82.8 Å². The van der Waals surface area contributed by atoms with Gasteiger partial charge in [-0.05, 0) is 25.1 Å². The van der Waals surface area contributed by atoms with Crippen molar-refractivity contribution in [1.29, 1.82) is 0 Å². The van der Waals surface area contributed by atoms with Gasteiger partial charge in [0.1, 0.15) is 10.7 Å². The van der Waals surface area contributed by atoms with Crippen molar-refractivity contribution in [3.63, 3.8) is 0 Å². The molecule has 0 atom stereocenters. The zero-order valence-corrected chi connectivity index (χ0v) is 13.0. The summed E-state index contributed by atoms with van der Waals surface area (Å²) in [5.74, 6) is 0. The molecule has 0 saturated heterocycles. The lowest BCUT2D eigenvalue weighted by molar-refractivity contribution is -0.551. The molecular weight excluding hydrogens is 288 g/mol. The van der Waals surface area contributed by atoms with E-state index in [0.29, 0.717) is 0 Å². The summed E-state index contributed by atoms with van der Waals surface area (Å²) in [6.07, 6.45) is 2.07. The van der Waals surface area contributed by atoms with Crippen LogP contribution in [0.25, 0.3) is 16.9 Å². The first kappa shape index (κ1) is 13.3. The number of fused-ring (bicyclic) bond motifs is 1. The summed E-state index contributed by atoms with van der Waals surface area (Å²) >= 11 is 1.76. The van der Waals surface area contributed by atoms with Crippen molar-refractivity contribution >= 4 is 17.4 Å². The maximum atomic E-state index is 4.81. The predicted octanol–water partition coefficient (Wildman–Crippen LogP) is 4.38. The van der Waals surface area contributed by atoms with E-state index in [-0.39, 0.29) is 0 Å². The average molecular weight is 303 g/mol. The van der Waals surface area contributed by atoms with E-state index in [1.165, 1.54) is 16.0 Å². The lowest BCUT2D eigenvalue weighted by Gasteiger charge is -2.05. The van der Waals surface area contributed by atoms with Crippen LogP contribution in [-0.2, 0) is 0 Å². The summed E-state index contributed by atoms with van der Waals surface area (Å²) in [6, 6.07) is 23.1. The molecule has 108 valence electrons. The second kappa shape index (κ2) is 5.43. The number of rotatable bonds is 3. The molecule has 0 unspecified atom stereocenters. The molecule has 2 aromatic carbocycles. The summed E-state index contributed by atoms with van der Waals surface area (Å²) < 4.78 is 2.16. The number of aromatic nitrogens is 2. The van der Waals surface area contributed by atoms with Crippen molar-refractivity contribution in [2.24, 2.45) is 0 Å². The Bertz CT molecular complexity index is 902. The van der Waals surface area contributed by atoms with Gasteiger partial charge in [-0.3, -0.25) is 4.40 Å². The largest absolute Gasteiger partial charge is 0.291 e. The molecule has 22 heavy (non-hydrogen) atoms. The molecule has 0 N–H and O–H groups in total. The Morgan fingerprint density at radius 2 is 1.95 bits per heavy atom. The van der Waals surface area contributed by atoms with Gasteiger partial charge in [0.25, 0.3) is 0 Å². The van der Waals surface area contributed by atoms with Gasteiger partial charge in [-0.25, -0.2) is 0 Å². The highest BCUT2D eigenvalue weighted by molar-refractivity contribution is 7.99. The van der Waals surface area contributed by atoms with Crippen LogP contribution in [0.1, 0.15) is 5.56 Å². The van der Waals surface area contributed by atoms with E-state index in [9.17, 15) is 0 Å². The first-order chi connectivity index (χ1) is 10.8. The second-order valence-electron chi connectivity index (χ2n) is 5.28. The van der Waals surface area contributed by atoms with E-state index in [2.05, 4.69) is 66.1 Å². The van der Waals surface area contributed by atoms with Crippen LogP contribution in [-0.4, -0.2) is 4.98 Å². The van der Waals surface area contributed by atoms with Crippen LogP contribution in [0.4, 0.5) is 0 Å². The van der Waals surface area contributed by atoms with E-state index in [4.69, 9.17) is 4.98 Å². The maximum Gasteiger partial charge on any atom is 0.248 e. The number of imidazole rings is 1. The molecule has 2 nitrogen and oxygen atoms in total. The Labute approximate surface area is 133 Å². The maximum absolute atomic E-state index is 4.81. The lowest BCUT2D eigenvalue weighted by Crippen LogP contribution is -2.20. The summed E-state index contributed by atoms with van der Waals surface area (Å²) in [4.78, 5) is 6.04. The number of hydrogen-bond acceptors (Lipinski definition) is 2. The molecule has 0 amide bonds. The molecule has 4 aromatic rings. The summed E-state index contributed by atoms with van der Waals surface area (Å²) in [6.45, 7) is 2.11. The lowest BCUT2D eigenvalue weighted by atomic mass is 10.2. The van der Waals surface area contributed by atoms with Gasteiger partial charge in [0.15, 0.2) is 0 Å². The van der Waals surface area contributed by atoms with Gasteiger partial charge in [-0.1, -0.05) is 35.5 Å². The average Bonchev–Trinajstić information content (AvgIpc) is 3.18. The van der Waals surface area contributed by atoms with Crippen molar-refractivity contribution in [2.45, 2.75) is 16.8 Å². The fourth-order valence-electron chi connectivity index (χ4n) is 2.51. The highest BCUT2D eigenvalue weighted by Gasteiger charge is 2.15. The van der Waals surface area contributed by atoms with Crippen LogP contribution < -0.4 is 4.40 Å². The van der Waals surface area contributed by atoms with Gasteiger partial charge in [0, 0.05) is 11.1 Å². The molecule has 2 heterocycles. The quantitative estimate of drug-likeness (QED) is 0.412. The summed E-state index contributed by atoms with van der Waals surface area (Å²) in [7, 11) is 0. The van der Waals surface area contributed by atoms with Gasteiger partial charge in [-0.15, -0.1) is 22.7 Å². The Morgan fingerprint density at radius 3 is 2.73 bits per heavy atom. The number of benzene rings is 1. The van der Waals surface area contributed by atoms with Crippen LogP contribution >= 0.6 is 11.8 Å². The SMILES string of the molecule is Cc1ccc(Sc2c(-c3ccc[cH-]3)n[c-]3cccc[n+]23)cc1. The fourth-order valence-corrected chi connectivity index (χ4v) is 3.52. The minimum absolute atomic E-state index is 0.980. The molecule has 0 spiro atoms. The monoisotopic (exact) mass is 303 g/mol. The zero-order chi connectivity index (χ0) is 14.9. The Hall–Kier alpha value is -2.39. The Balaban J connectivity index is 1.87. The zero-order valence-electron chi connectivity index (χ0n) is 12.2. The first-order valence-corrected chi connectivity index (χ1v) is 8.06. The van der Waals surface area contributed by atoms with Crippen LogP contribution in [0.5, 0.6) is 0 Å². The van der Waals surface area contributed by atoms with Gasteiger partial charge in [-0.2, -0.15) is 18.2 Å². The molecule has 0 radical (unpaired) electrons. The topological polar surface area (TPSA) is 17.0 Å². The summed E-state index contributed by atoms with van der Waals surface area (Å²) in [5, 5.41) is 1.16. The number of pyridine rings is 1. The van der Waals surface area contributed by atoms with Crippen LogP contribution in [0.3, 0.4) is 0 Å². The van der Waals surface area contributed by atoms with E-state index in [1.807, 2.05) is 18.2 Å². The van der Waals surface area contributed by atoms with Crippen molar-refractivity contribution < 1.29 is 4.40 Å². The first-order valence-electron chi connectivity index (χ1n) is 7.25. The third-order valence-electron chi connectivity index (χ3n) is 3.66. The Kier molecular flexibility index (Phi) is 3.28. The Morgan fingerprint density at radius 1 is 1.09 bits per heavy atom. The van der Waals surface area contributed by atoms with Crippen LogP contribution in [0.2, 0.25) is 0 Å². The molecule has 0 aliphatic heterocycles. The predicted molar refractivity (Wildman–Crippen MR) is 89.3 cm³/mol. The van der Waals surface area contributed by atoms with E-state index in [0.717, 1.165) is 16.4 Å². The fraction of sp³-hybridized carbons (Fsp3) is 0.0526. The molecule has 0 aliphatic carbocycles. The van der Waals surface area contributed by atoms with Gasteiger partial charge < -0.3 is 0 Å². The summed E-state index contributed by atoms with van der Waals surface area (Å²) in [5.41, 5.74) is 4.46. The van der Waals surface area contributed by atoms with E-state index in [1.54, 1.807) is 11.8 Å². The number of hydrogen-bond donors (Lipinski definition) is 0. The molecule has 0 bridgehead atoms. The highest BCUT2D eigenvalue weighted by atomic mass is 32.2. The highest BCUT2D eigenvalue weighted by Crippen LogP contribution is 2.33. The van der Waals surface area contributed by atoms with Crippen LogP contribution in [0, 0.1) is 6.92 Å². The smallest absolute Gasteiger partial charge is 0.248 e. The molecule has 4 rings (SSSR count). The second-order valence-corrected chi connectivity index (χ2v) is 6.35. The number of aryl methyl sites for hydroxylation is 1. The molecular formula is C19H15N2S-. The standard InChI is InChI=1S/C19H15N2S/c1-14-9-11-16(12-10-14)22-19-18(15-6-2-3-7-15)20-17-8-4-5-13-21(17)19/h2-13H,1H3/q-1. The normalized spacial score (nSPS) is 11.1. The molecule has 0 saturated carbocycles. The number of nitrogens with zero attached hydrogens (tertiary/aromatic N) is 2. The molecule has 2 aromatic heterocycles. The minimum Gasteiger partial charge on any atom is -0.291 e. The van der Waals surface area contributed by atoms with Crippen molar-refractivity contribution in [3.05, 3.63) is 78.5 Å². The molecule has 3 heteroatoms. The third-order valence-corrected chi connectivity index (χ3v) is 4.75. The van der Waals surface area contributed by atoms with Crippen molar-refractivity contribution in [3.8, 4) is 11.3 Å². The molecule has 0 aliphatic rings. The van der Waals surface area contributed by atoms with Gasteiger partial charge >= 0.3 is 0 Å². The van der Waals surface area contributed by atoms with Gasteiger partial charge in [0.05, 0.1) is 0 Å². The molecule has 0 fully saturated rings. The van der Waals surface area contributed by atoms with E-state index < -0.39 is 0 Å². The minimum atomic E-state index is 0.980. The van der Waals surface area contributed by atoms with E-state index >= 15 is 0 Å². The third kappa shape index (κ3) is 2.34. The van der Waals surface area contributed by atoms with Crippen molar-refractivity contribution in [2.75, 3.05) is 0 Å². The van der Waals surface area contributed by atoms with Gasteiger partial charge in [0.2, 0.25) is 5.65 Å².